The molecule has 4 rings (SSSR count). The third-order valence-electron chi connectivity index (χ3n) is 5.92. The highest BCUT2D eigenvalue weighted by molar-refractivity contribution is 6.22. The molecule has 4 aliphatic rings. The molecule has 0 aromatic heterocycles. The molecule has 0 spiro atoms. The largest absolute Gasteiger partial charge is 0.133 e. The third-order valence-corrected chi connectivity index (χ3v) is 5.92. The smallest absolute Gasteiger partial charge is 0.111 e. The monoisotopic (exact) mass is 224 g/mol. The summed E-state index contributed by atoms with van der Waals surface area (Å²) in [5.74, 6) is 5.47. The Morgan fingerprint density at radius 3 is 2.88 bits per heavy atom. The van der Waals surface area contributed by atoms with Gasteiger partial charge in [-0.05, 0) is 61.2 Å². The van der Waals surface area contributed by atoms with E-state index in [1.807, 2.05) is 0 Å². The van der Waals surface area contributed by atoms with Gasteiger partial charge in [0.1, 0.15) is 7.85 Å². The van der Waals surface area contributed by atoms with Crippen LogP contribution < -0.4 is 0 Å². The summed E-state index contributed by atoms with van der Waals surface area (Å²) in [7, 11) is 2.38. The van der Waals surface area contributed by atoms with Crippen LogP contribution in [0.15, 0.2) is 35.9 Å². The van der Waals surface area contributed by atoms with Gasteiger partial charge in [0.15, 0.2) is 0 Å². The van der Waals surface area contributed by atoms with Gasteiger partial charge in [-0.2, -0.15) is 0 Å². The van der Waals surface area contributed by atoms with Gasteiger partial charge in [0.05, 0.1) is 0 Å². The van der Waals surface area contributed by atoms with Gasteiger partial charge in [-0.25, -0.2) is 0 Å². The van der Waals surface area contributed by atoms with Gasteiger partial charge in [-0.1, -0.05) is 30.4 Å². The number of hydrogen-bond donors (Lipinski definition) is 0. The Morgan fingerprint density at radius 1 is 1.00 bits per heavy atom. The fourth-order valence-electron chi connectivity index (χ4n) is 5.16. The molecule has 17 heavy (non-hydrogen) atoms. The lowest BCUT2D eigenvalue weighted by Gasteiger charge is -2.53. The Bertz CT molecular complexity index is 417. The molecular formula is C16H21B. The highest BCUT2D eigenvalue weighted by Crippen LogP contribution is 2.56. The highest BCUT2D eigenvalue weighted by Gasteiger charge is 2.48. The van der Waals surface area contributed by atoms with Crippen LogP contribution in [-0.4, -0.2) is 7.85 Å². The summed E-state index contributed by atoms with van der Waals surface area (Å²) >= 11 is 0. The van der Waals surface area contributed by atoms with Crippen molar-refractivity contribution in [2.45, 2.75) is 25.7 Å². The van der Waals surface area contributed by atoms with Crippen molar-refractivity contribution in [1.29, 1.82) is 0 Å². The van der Waals surface area contributed by atoms with Crippen LogP contribution in [0.4, 0.5) is 0 Å². The minimum Gasteiger partial charge on any atom is -0.111 e. The fraction of sp³-hybridized carbons (Fsp3) is 0.625. The molecule has 88 valence electrons. The van der Waals surface area contributed by atoms with Gasteiger partial charge >= 0.3 is 0 Å². The van der Waals surface area contributed by atoms with E-state index in [0.717, 1.165) is 35.5 Å². The minimum absolute atomic E-state index is 0.767. The van der Waals surface area contributed by atoms with E-state index in [9.17, 15) is 0 Å². The molecule has 0 aromatic rings. The fourth-order valence-corrected chi connectivity index (χ4v) is 5.16. The van der Waals surface area contributed by atoms with Gasteiger partial charge in [-0.3, -0.25) is 0 Å². The molecule has 1 saturated carbocycles. The summed E-state index contributed by atoms with van der Waals surface area (Å²) in [6.45, 7) is 0. The maximum Gasteiger partial charge on any atom is 0.133 e. The Balaban J connectivity index is 1.80. The van der Waals surface area contributed by atoms with Crippen molar-refractivity contribution in [2.75, 3.05) is 0 Å². The minimum atomic E-state index is 0.767. The van der Waals surface area contributed by atoms with Gasteiger partial charge in [0.2, 0.25) is 0 Å². The van der Waals surface area contributed by atoms with Crippen LogP contribution in [0, 0.1) is 35.5 Å². The van der Waals surface area contributed by atoms with E-state index in [0.29, 0.717) is 0 Å². The van der Waals surface area contributed by atoms with Crippen molar-refractivity contribution in [2.24, 2.45) is 35.5 Å². The van der Waals surface area contributed by atoms with Crippen LogP contribution >= 0.6 is 0 Å². The first-order valence-electron chi connectivity index (χ1n) is 7.36. The van der Waals surface area contributed by atoms with Crippen LogP contribution in [0.2, 0.25) is 0 Å². The zero-order valence-electron chi connectivity index (χ0n) is 10.7. The summed E-state index contributed by atoms with van der Waals surface area (Å²) in [6, 6.07) is 0. The van der Waals surface area contributed by atoms with Crippen molar-refractivity contribution in [3.63, 3.8) is 0 Å². The third kappa shape index (κ3) is 1.38. The average Bonchev–Trinajstić information content (AvgIpc) is 2.38. The van der Waals surface area contributed by atoms with Crippen LogP contribution in [-0.2, 0) is 0 Å². The summed E-state index contributed by atoms with van der Waals surface area (Å²) < 4.78 is 0. The summed E-state index contributed by atoms with van der Waals surface area (Å²) in [5.41, 5.74) is 1.70. The lowest BCUT2D eigenvalue weighted by Crippen LogP contribution is -2.46. The predicted molar refractivity (Wildman–Crippen MR) is 74.3 cm³/mol. The second kappa shape index (κ2) is 3.64. The van der Waals surface area contributed by atoms with E-state index < -0.39 is 0 Å². The van der Waals surface area contributed by atoms with E-state index in [1.54, 1.807) is 5.47 Å². The molecule has 0 bridgehead atoms. The molecule has 0 saturated heterocycles. The first-order chi connectivity index (χ1) is 8.34. The average molecular weight is 224 g/mol. The quantitative estimate of drug-likeness (QED) is 0.438. The maximum absolute atomic E-state index is 2.54. The Morgan fingerprint density at radius 2 is 1.94 bits per heavy atom. The second-order valence-electron chi connectivity index (χ2n) is 6.57. The zero-order chi connectivity index (χ0) is 11.4. The molecule has 0 N–H and O–H groups in total. The molecule has 0 aliphatic heterocycles. The molecule has 0 aromatic carbocycles. The van der Waals surface area contributed by atoms with Crippen molar-refractivity contribution in [3.8, 4) is 0 Å². The molecular weight excluding hydrogens is 203 g/mol. The van der Waals surface area contributed by atoms with E-state index in [2.05, 4.69) is 38.2 Å². The van der Waals surface area contributed by atoms with E-state index >= 15 is 0 Å². The van der Waals surface area contributed by atoms with Crippen molar-refractivity contribution >= 4 is 7.85 Å². The predicted octanol–water partition coefficient (Wildman–Crippen LogP) is 2.93. The topological polar surface area (TPSA) is 0 Å². The lowest BCUT2D eigenvalue weighted by atomic mass is 9.49. The van der Waals surface area contributed by atoms with Crippen LogP contribution in [0.1, 0.15) is 25.7 Å². The molecule has 6 unspecified atom stereocenters. The normalized spacial score (nSPS) is 50.7. The first kappa shape index (κ1) is 10.2. The van der Waals surface area contributed by atoms with Gasteiger partial charge in [0, 0.05) is 0 Å². The second-order valence-corrected chi connectivity index (χ2v) is 6.57. The molecule has 1 fully saturated rings. The molecule has 6 atom stereocenters. The molecule has 0 amide bonds. The molecule has 4 aliphatic carbocycles. The summed E-state index contributed by atoms with van der Waals surface area (Å²) in [4.78, 5) is 0. The molecule has 0 heterocycles. The number of allylic oxidation sites excluding steroid dienone is 6. The van der Waals surface area contributed by atoms with Gasteiger partial charge < -0.3 is 0 Å². The maximum atomic E-state index is 2.54. The summed E-state index contributed by atoms with van der Waals surface area (Å²) in [5, 5.41) is 0. The van der Waals surface area contributed by atoms with Gasteiger partial charge in [0.25, 0.3) is 0 Å². The highest BCUT2D eigenvalue weighted by atomic mass is 14.5. The van der Waals surface area contributed by atoms with E-state index in [1.165, 1.54) is 25.7 Å². The molecule has 0 nitrogen and oxygen atoms in total. The standard InChI is InChI=1S/C16H21B/c17-14-9-7-12-5-4-10-2-1-3-11-6-8-13(14)16(12)15(10)11/h1-2,4-5,9-13,15-16H,3,6-8,17H2. The Kier molecular flexibility index (Phi) is 2.19. The Hall–Kier alpha value is -0.715. The number of rotatable bonds is 0. The Labute approximate surface area is 105 Å². The van der Waals surface area contributed by atoms with Gasteiger partial charge in [-0.15, -0.1) is 5.47 Å². The lowest BCUT2D eigenvalue weighted by molar-refractivity contribution is 0.0406. The van der Waals surface area contributed by atoms with E-state index in [4.69, 9.17) is 0 Å². The zero-order valence-corrected chi connectivity index (χ0v) is 10.7. The van der Waals surface area contributed by atoms with Crippen LogP contribution in [0.25, 0.3) is 0 Å². The van der Waals surface area contributed by atoms with Crippen LogP contribution in [0.5, 0.6) is 0 Å². The summed E-state index contributed by atoms with van der Waals surface area (Å²) in [6.07, 6.45) is 18.1. The molecule has 0 radical (unpaired) electrons. The van der Waals surface area contributed by atoms with Crippen LogP contribution in [0.3, 0.4) is 0 Å². The van der Waals surface area contributed by atoms with Crippen molar-refractivity contribution in [1.82, 2.24) is 0 Å². The molecule has 1 heteroatoms. The van der Waals surface area contributed by atoms with E-state index in [-0.39, 0.29) is 0 Å². The number of hydrogen-bond acceptors (Lipinski definition) is 0. The SMILES string of the molecule is BC1=CCC2C=CC3C=CCC4CCC1C2C34. The van der Waals surface area contributed by atoms with Crippen molar-refractivity contribution < 1.29 is 0 Å². The van der Waals surface area contributed by atoms with Crippen molar-refractivity contribution in [3.05, 3.63) is 35.9 Å². The first-order valence-corrected chi connectivity index (χ1v) is 7.36.